The molecule has 0 radical (unpaired) electrons. The van der Waals surface area contributed by atoms with Gasteiger partial charge in [-0.1, -0.05) is 0 Å². The summed E-state index contributed by atoms with van der Waals surface area (Å²) in [6.45, 7) is 3.90. The standard InChI is InChI=1S/C16H15BrN8/c1-9-6-20-24(7-9)15-13(17)4-3-11(23-15)5-12-10(2)22-16-19-8-21-25(16)14(12)18/h3-4,6-8H,5,18H2,1-2H3. The normalized spacial score (nSPS) is 11.3. The van der Waals surface area contributed by atoms with Crippen molar-refractivity contribution in [2.45, 2.75) is 20.3 Å². The molecule has 4 aromatic heterocycles. The highest BCUT2D eigenvalue weighted by Crippen LogP contribution is 2.23. The topological polar surface area (TPSA) is 99.8 Å². The predicted octanol–water partition coefficient (Wildman–Crippen LogP) is 2.26. The van der Waals surface area contributed by atoms with Crippen molar-refractivity contribution in [3.05, 3.63) is 57.8 Å². The van der Waals surface area contributed by atoms with Gasteiger partial charge >= 0.3 is 0 Å². The lowest BCUT2D eigenvalue weighted by Gasteiger charge is -2.11. The molecule has 4 heterocycles. The summed E-state index contributed by atoms with van der Waals surface area (Å²) in [5, 5.41) is 8.45. The Kier molecular flexibility index (Phi) is 3.72. The summed E-state index contributed by atoms with van der Waals surface area (Å²) in [5.74, 6) is 1.76. The number of rotatable bonds is 3. The number of anilines is 1. The Balaban J connectivity index is 1.77. The van der Waals surface area contributed by atoms with Crippen LogP contribution in [0.3, 0.4) is 0 Å². The summed E-state index contributed by atoms with van der Waals surface area (Å²) < 4.78 is 4.16. The van der Waals surface area contributed by atoms with Crippen LogP contribution in [0.15, 0.2) is 35.3 Å². The SMILES string of the molecule is Cc1cnn(-c2nc(Cc3c(C)nc4ncnn4c3N)ccc2Br)c1. The molecular weight excluding hydrogens is 384 g/mol. The molecule has 0 saturated carbocycles. The molecule has 0 atom stereocenters. The van der Waals surface area contributed by atoms with Crippen LogP contribution in [0, 0.1) is 13.8 Å². The van der Waals surface area contributed by atoms with Crippen LogP contribution in [0.25, 0.3) is 11.6 Å². The van der Waals surface area contributed by atoms with Gasteiger partial charge in [-0.15, -0.1) is 0 Å². The van der Waals surface area contributed by atoms with Gasteiger partial charge in [0, 0.05) is 29.6 Å². The van der Waals surface area contributed by atoms with Crippen LogP contribution in [0.5, 0.6) is 0 Å². The van der Waals surface area contributed by atoms with Crippen molar-refractivity contribution in [1.29, 1.82) is 0 Å². The van der Waals surface area contributed by atoms with E-state index in [4.69, 9.17) is 10.7 Å². The van der Waals surface area contributed by atoms with E-state index in [1.807, 2.05) is 32.2 Å². The van der Waals surface area contributed by atoms with Crippen molar-refractivity contribution >= 4 is 27.5 Å². The van der Waals surface area contributed by atoms with E-state index < -0.39 is 0 Å². The van der Waals surface area contributed by atoms with Gasteiger partial charge in [0.2, 0.25) is 0 Å². The fourth-order valence-corrected chi connectivity index (χ4v) is 3.07. The Bertz CT molecular complexity index is 1080. The fourth-order valence-electron chi connectivity index (χ4n) is 2.67. The number of pyridine rings is 1. The van der Waals surface area contributed by atoms with Crippen LogP contribution in [-0.2, 0) is 6.42 Å². The number of aryl methyl sites for hydroxylation is 2. The van der Waals surface area contributed by atoms with E-state index in [2.05, 4.69) is 36.1 Å². The Hall–Kier alpha value is -2.81. The maximum absolute atomic E-state index is 6.26. The van der Waals surface area contributed by atoms with Crippen LogP contribution < -0.4 is 5.73 Å². The molecule has 0 aliphatic rings. The third-order valence-electron chi connectivity index (χ3n) is 3.94. The first-order chi connectivity index (χ1) is 12.0. The van der Waals surface area contributed by atoms with Gasteiger partial charge in [0.05, 0.1) is 10.7 Å². The molecule has 0 amide bonds. The number of nitrogens with two attached hydrogens (primary N) is 1. The second-order valence-corrected chi connectivity index (χ2v) is 6.63. The maximum atomic E-state index is 6.26. The van der Waals surface area contributed by atoms with Gasteiger partial charge in [-0.05, 0) is 47.5 Å². The highest BCUT2D eigenvalue weighted by molar-refractivity contribution is 9.10. The van der Waals surface area contributed by atoms with E-state index >= 15 is 0 Å². The lowest BCUT2D eigenvalue weighted by atomic mass is 10.1. The predicted molar refractivity (Wildman–Crippen MR) is 96.5 cm³/mol. The van der Waals surface area contributed by atoms with Crippen LogP contribution in [-0.4, -0.2) is 34.3 Å². The zero-order chi connectivity index (χ0) is 17.6. The first kappa shape index (κ1) is 15.7. The second-order valence-electron chi connectivity index (χ2n) is 5.78. The summed E-state index contributed by atoms with van der Waals surface area (Å²) >= 11 is 3.54. The van der Waals surface area contributed by atoms with Crippen LogP contribution in [0.4, 0.5) is 5.82 Å². The van der Waals surface area contributed by atoms with Gasteiger partial charge in [0.15, 0.2) is 5.82 Å². The number of nitrogens with zero attached hydrogens (tertiary/aromatic N) is 7. The molecule has 4 aromatic rings. The third kappa shape index (κ3) is 2.76. The molecule has 0 bridgehead atoms. The lowest BCUT2D eigenvalue weighted by Crippen LogP contribution is -2.10. The maximum Gasteiger partial charge on any atom is 0.254 e. The van der Waals surface area contributed by atoms with Gasteiger partial charge in [0.25, 0.3) is 5.78 Å². The molecular formula is C16H15BrN8. The summed E-state index contributed by atoms with van der Waals surface area (Å²) in [5.41, 5.74) is 9.90. The summed E-state index contributed by atoms with van der Waals surface area (Å²) in [4.78, 5) is 13.3. The molecule has 8 nitrogen and oxygen atoms in total. The van der Waals surface area contributed by atoms with Crippen molar-refractivity contribution in [2.24, 2.45) is 0 Å². The first-order valence-electron chi connectivity index (χ1n) is 7.64. The number of hydrogen-bond acceptors (Lipinski definition) is 6. The number of fused-ring (bicyclic) bond motifs is 1. The van der Waals surface area contributed by atoms with Gasteiger partial charge in [-0.2, -0.15) is 19.7 Å². The number of aromatic nitrogens is 7. The average Bonchev–Trinajstić information content (AvgIpc) is 3.22. The van der Waals surface area contributed by atoms with Crippen LogP contribution in [0.1, 0.15) is 22.5 Å². The minimum atomic E-state index is 0.496. The van der Waals surface area contributed by atoms with Gasteiger partial charge in [-0.25, -0.2) is 14.6 Å². The van der Waals surface area contributed by atoms with Gasteiger partial charge in [-0.3, -0.25) is 0 Å². The minimum absolute atomic E-state index is 0.496. The van der Waals surface area contributed by atoms with E-state index in [1.165, 1.54) is 6.33 Å². The Morgan fingerprint density at radius 2 is 2.00 bits per heavy atom. The molecule has 0 spiro atoms. The monoisotopic (exact) mass is 398 g/mol. The molecule has 9 heteroatoms. The second kappa shape index (κ2) is 5.92. The van der Waals surface area contributed by atoms with Crippen molar-refractivity contribution in [1.82, 2.24) is 34.3 Å². The molecule has 2 N–H and O–H groups in total. The molecule has 126 valence electrons. The number of halogens is 1. The largest absolute Gasteiger partial charge is 0.383 e. The minimum Gasteiger partial charge on any atom is -0.383 e. The van der Waals surface area contributed by atoms with E-state index in [9.17, 15) is 0 Å². The van der Waals surface area contributed by atoms with Crippen molar-refractivity contribution < 1.29 is 0 Å². The van der Waals surface area contributed by atoms with Gasteiger partial charge < -0.3 is 5.73 Å². The quantitative estimate of drug-likeness (QED) is 0.567. The van der Waals surface area contributed by atoms with E-state index in [0.717, 1.165) is 32.8 Å². The Morgan fingerprint density at radius 3 is 2.76 bits per heavy atom. The number of hydrogen-bond donors (Lipinski definition) is 1. The molecule has 0 aromatic carbocycles. The average molecular weight is 399 g/mol. The Morgan fingerprint density at radius 1 is 1.16 bits per heavy atom. The zero-order valence-electron chi connectivity index (χ0n) is 13.7. The van der Waals surface area contributed by atoms with Crippen molar-refractivity contribution in [3.8, 4) is 5.82 Å². The number of nitrogen functional groups attached to an aromatic ring is 1. The zero-order valence-corrected chi connectivity index (χ0v) is 15.3. The van der Waals surface area contributed by atoms with E-state index in [0.29, 0.717) is 18.0 Å². The van der Waals surface area contributed by atoms with Crippen molar-refractivity contribution in [2.75, 3.05) is 5.73 Å². The highest BCUT2D eigenvalue weighted by Gasteiger charge is 2.14. The molecule has 0 saturated heterocycles. The molecule has 0 fully saturated rings. The third-order valence-corrected chi connectivity index (χ3v) is 4.56. The molecule has 0 aliphatic carbocycles. The molecule has 0 unspecified atom stereocenters. The Labute approximate surface area is 151 Å². The van der Waals surface area contributed by atoms with E-state index in [-0.39, 0.29) is 0 Å². The summed E-state index contributed by atoms with van der Waals surface area (Å²) in [6, 6.07) is 3.91. The highest BCUT2D eigenvalue weighted by atomic mass is 79.9. The van der Waals surface area contributed by atoms with Crippen molar-refractivity contribution in [3.63, 3.8) is 0 Å². The summed E-state index contributed by atoms with van der Waals surface area (Å²) in [7, 11) is 0. The van der Waals surface area contributed by atoms with Crippen LogP contribution >= 0.6 is 15.9 Å². The van der Waals surface area contributed by atoms with Crippen LogP contribution in [0.2, 0.25) is 0 Å². The smallest absolute Gasteiger partial charge is 0.254 e. The van der Waals surface area contributed by atoms with Gasteiger partial charge in [0.1, 0.15) is 12.1 Å². The molecule has 4 rings (SSSR count). The first-order valence-corrected chi connectivity index (χ1v) is 8.44. The fraction of sp³-hybridized carbons (Fsp3) is 0.188. The van der Waals surface area contributed by atoms with E-state index in [1.54, 1.807) is 15.4 Å². The molecule has 25 heavy (non-hydrogen) atoms. The summed E-state index contributed by atoms with van der Waals surface area (Å²) in [6.07, 6.45) is 5.71. The lowest BCUT2D eigenvalue weighted by molar-refractivity contribution is 0.827. The molecule has 0 aliphatic heterocycles.